The van der Waals surface area contributed by atoms with Crippen molar-refractivity contribution in [1.82, 2.24) is 5.32 Å². The van der Waals surface area contributed by atoms with E-state index in [1.54, 1.807) is 25.1 Å². The van der Waals surface area contributed by atoms with Crippen molar-refractivity contribution in [1.29, 1.82) is 0 Å². The average Bonchev–Trinajstić information content (AvgIpc) is 3.19. The van der Waals surface area contributed by atoms with E-state index in [0.29, 0.717) is 17.1 Å². The molecule has 0 saturated carbocycles. The first-order chi connectivity index (χ1) is 16.0. The first-order valence-corrected chi connectivity index (χ1v) is 11.7. The number of aryl methyl sites for hydroxylation is 1. The van der Waals surface area contributed by atoms with E-state index in [-0.39, 0.29) is 27.0 Å². The van der Waals surface area contributed by atoms with E-state index in [9.17, 15) is 18.0 Å². The molecule has 0 aliphatic carbocycles. The van der Waals surface area contributed by atoms with Gasteiger partial charge < -0.3 is 24.9 Å². The minimum atomic E-state index is -4.14. The Morgan fingerprint density at radius 1 is 1.12 bits per heavy atom. The quantitative estimate of drug-likeness (QED) is 0.355. The van der Waals surface area contributed by atoms with Gasteiger partial charge in [-0.3, -0.25) is 9.52 Å². The van der Waals surface area contributed by atoms with Gasteiger partial charge in [0.05, 0.1) is 17.8 Å². The molecule has 2 aromatic carbocycles. The molecule has 0 aliphatic heterocycles. The van der Waals surface area contributed by atoms with Crippen LogP contribution < -0.4 is 20.1 Å². The highest BCUT2D eigenvalue weighted by atomic mass is 35.5. The van der Waals surface area contributed by atoms with Gasteiger partial charge in [0.1, 0.15) is 28.2 Å². The highest BCUT2D eigenvalue weighted by Gasteiger charge is 2.22. The third-order valence-electron chi connectivity index (χ3n) is 4.69. The van der Waals surface area contributed by atoms with Gasteiger partial charge in [-0.2, -0.15) is 0 Å². The van der Waals surface area contributed by atoms with Crippen LogP contribution in [0.5, 0.6) is 5.75 Å². The molecule has 0 radical (unpaired) electrons. The number of sulfonamides is 1. The van der Waals surface area contributed by atoms with E-state index in [0.717, 1.165) is 0 Å². The van der Waals surface area contributed by atoms with Crippen molar-refractivity contribution in [2.75, 3.05) is 17.1 Å². The molecule has 0 fully saturated rings. The summed E-state index contributed by atoms with van der Waals surface area (Å²) < 4.78 is 39.3. The maximum Gasteiger partial charge on any atom is 0.405 e. The van der Waals surface area contributed by atoms with Crippen molar-refractivity contribution in [3.8, 4) is 17.1 Å². The van der Waals surface area contributed by atoms with Crippen LogP contribution in [0.2, 0.25) is 5.02 Å². The zero-order valence-electron chi connectivity index (χ0n) is 18.4. The lowest BCUT2D eigenvalue weighted by Gasteiger charge is -2.16. The summed E-state index contributed by atoms with van der Waals surface area (Å²) in [6.45, 7) is 3.16. The number of benzene rings is 2. The van der Waals surface area contributed by atoms with Crippen LogP contribution in [0.1, 0.15) is 12.7 Å². The van der Waals surface area contributed by atoms with Crippen LogP contribution in [0.25, 0.3) is 11.3 Å². The van der Waals surface area contributed by atoms with Gasteiger partial charge in [-0.15, -0.1) is 0 Å². The van der Waals surface area contributed by atoms with Crippen LogP contribution >= 0.6 is 11.6 Å². The molecule has 0 bridgehead atoms. The Hall–Kier alpha value is -3.70. The zero-order chi connectivity index (χ0) is 25.0. The van der Waals surface area contributed by atoms with Crippen molar-refractivity contribution in [2.24, 2.45) is 0 Å². The summed E-state index contributed by atoms with van der Waals surface area (Å²) in [6.07, 6.45) is -1.35. The summed E-state index contributed by atoms with van der Waals surface area (Å²) in [5.41, 5.74) is 0.876. The molecule has 0 spiro atoms. The van der Waals surface area contributed by atoms with Gasteiger partial charge >= 0.3 is 6.09 Å². The average molecular weight is 508 g/mol. The first-order valence-electron chi connectivity index (χ1n) is 9.87. The number of halogens is 1. The van der Waals surface area contributed by atoms with E-state index in [1.165, 1.54) is 44.4 Å². The molecule has 3 rings (SSSR count). The lowest BCUT2D eigenvalue weighted by Crippen LogP contribution is -2.40. The molecule has 0 aliphatic rings. The third-order valence-corrected chi connectivity index (χ3v) is 6.54. The topological polar surface area (TPSA) is 147 Å². The van der Waals surface area contributed by atoms with Crippen LogP contribution in [0.3, 0.4) is 0 Å². The number of amides is 2. The number of nitrogens with one attached hydrogen (secondary N) is 3. The normalized spacial score (nSPS) is 12.0. The molecule has 1 atom stereocenters. The number of carboxylic acid groups (broad SMARTS) is 1. The van der Waals surface area contributed by atoms with E-state index < -0.39 is 28.1 Å². The largest absolute Gasteiger partial charge is 0.495 e. The Kier molecular flexibility index (Phi) is 7.38. The summed E-state index contributed by atoms with van der Waals surface area (Å²) in [6, 6.07) is 11.2. The van der Waals surface area contributed by atoms with E-state index >= 15 is 0 Å². The molecule has 10 nitrogen and oxygen atoms in total. The van der Waals surface area contributed by atoms with Crippen LogP contribution in [0.15, 0.2) is 57.8 Å². The number of rotatable bonds is 8. The van der Waals surface area contributed by atoms with Gasteiger partial charge in [0, 0.05) is 11.3 Å². The van der Waals surface area contributed by atoms with Gasteiger partial charge in [0.15, 0.2) is 0 Å². The molecule has 0 unspecified atom stereocenters. The second kappa shape index (κ2) is 10.1. The molecule has 34 heavy (non-hydrogen) atoms. The van der Waals surface area contributed by atoms with Crippen LogP contribution in [-0.4, -0.2) is 38.7 Å². The summed E-state index contributed by atoms with van der Waals surface area (Å²) in [7, 11) is -2.78. The molecule has 0 saturated heterocycles. The van der Waals surface area contributed by atoms with Gasteiger partial charge in [0.25, 0.3) is 10.0 Å². The predicted octanol–water partition coefficient (Wildman–Crippen LogP) is 4.31. The van der Waals surface area contributed by atoms with Crippen LogP contribution in [0, 0.1) is 6.92 Å². The number of hydrogen-bond donors (Lipinski definition) is 4. The highest BCUT2D eigenvalue weighted by molar-refractivity contribution is 7.92. The second-order valence-electron chi connectivity index (χ2n) is 7.24. The molecule has 1 aromatic heterocycles. The number of hydrogen-bond acceptors (Lipinski definition) is 6. The van der Waals surface area contributed by atoms with E-state index in [4.69, 9.17) is 25.9 Å². The maximum absolute atomic E-state index is 13.1. The monoisotopic (exact) mass is 507 g/mol. The molecule has 180 valence electrons. The van der Waals surface area contributed by atoms with Crippen molar-refractivity contribution in [2.45, 2.75) is 24.8 Å². The predicted molar refractivity (Wildman–Crippen MR) is 127 cm³/mol. The fourth-order valence-electron chi connectivity index (χ4n) is 3.03. The molecule has 4 N–H and O–H groups in total. The fourth-order valence-corrected chi connectivity index (χ4v) is 4.64. The smallest absolute Gasteiger partial charge is 0.405 e. The molecule has 2 amide bonds. The summed E-state index contributed by atoms with van der Waals surface area (Å²) in [5, 5.41) is 13.3. The maximum atomic E-state index is 13.1. The number of carbonyl (C=O) groups is 2. The molecular weight excluding hydrogens is 486 g/mol. The molecule has 1 heterocycles. The second-order valence-corrected chi connectivity index (χ2v) is 9.29. The third kappa shape index (κ3) is 5.80. The minimum absolute atomic E-state index is 0.0175. The van der Waals surface area contributed by atoms with Gasteiger partial charge in [-0.05, 0) is 62.4 Å². The number of anilines is 2. The van der Waals surface area contributed by atoms with Crippen molar-refractivity contribution in [3.63, 3.8) is 0 Å². The van der Waals surface area contributed by atoms with E-state index in [2.05, 4.69) is 10.0 Å². The Balaban J connectivity index is 1.86. The van der Waals surface area contributed by atoms with Crippen molar-refractivity contribution < 1.29 is 32.3 Å². The summed E-state index contributed by atoms with van der Waals surface area (Å²) in [4.78, 5) is 22.7. The van der Waals surface area contributed by atoms with Crippen LogP contribution in [0.4, 0.5) is 16.2 Å². The Labute approximate surface area is 200 Å². The molecule has 3 aromatic rings. The highest BCUT2D eigenvalue weighted by Crippen LogP contribution is 2.33. The number of furan rings is 1. The summed E-state index contributed by atoms with van der Waals surface area (Å²) in [5.74, 6) is 0.815. The number of ether oxygens (including phenoxy) is 1. The lowest BCUT2D eigenvalue weighted by atomic mass is 10.2. The Morgan fingerprint density at radius 3 is 2.44 bits per heavy atom. The fraction of sp³-hybridized carbons (Fsp3) is 0.182. The van der Waals surface area contributed by atoms with Crippen molar-refractivity contribution in [3.05, 3.63) is 59.3 Å². The summed E-state index contributed by atoms with van der Waals surface area (Å²) >= 11 is 6.28. The Bertz CT molecular complexity index is 1340. The van der Waals surface area contributed by atoms with Gasteiger partial charge in [-0.25, -0.2) is 13.2 Å². The van der Waals surface area contributed by atoms with Crippen molar-refractivity contribution >= 4 is 45.0 Å². The number of carbonyl (C=O) groups excluding carboxylic acids is 1. The minimum Gasteiger partial charge on any atom is -0.495 e. The molecular formula is C22H22ClN3O7S. The SMILES string of the molecule is COc1ccc(NC(=O)[C@@H](C)NC(=O)O)cc1NS(=O)(=O)c1ccc(-c2ccc(C)o2)cc1Cl. The standard InChI is InChI=1S/C22H22ClN3O7S/c1-12-4-7-18(33-12)14-5-9-20(16(23)10-14)34(30,31)26-17-11-15(6-8-19(17)32-3)25-21(27)13(2)24-22(28)29/h4-11,13,24,26H,1-3H3,(H,25,27)(H,28,29)/t13-/m1/s1. The number of methoxy groups -OCH3 is 1. The van der Waals surface area contributed by atoms with E-state index in [1.807, 2.05) is 5.32 Å². The van der Waals surface area contributed by atoms with Gasteiger partial charge in [0.2, 0.25) is 5.91 Å². The first kappa shape index (κ1) is 24.9. The lowest BCUT2D eigenvalue weighted by molar-refractivity contribution is -0.117. The van der Waals surface area contributed by atoms with Gasteiger partial charge in [-0.1, -0.05) is 11.6 Å². The molecule has 12 heteroatoms. The zero-order valence-corrected chi connectivity index (χ0v) is 20.0. The van der Waals surface area contributed by atoms with Crippen LogP contribution in [-0.2, 0) is 14.8 Å². The Morgan fingerprint density at radius 2 is 1.85 bits per heavy atom.